The molecule has 2 aromatic heterocycles. The lowest BCUT2D eigenvalue weighted by atomic mass is 10.1. The van der Waals surface area contributed by atoms with E-state index in [0.29, 0.717) is 9.70 Å². The monoisotopic (exact) mass is 526 g/mol. The maximum absolute atomic E-state index is 13.1. The molecule has 0 spiro atoms. The Hall–Kier alpha value is -3.54. The lowest BCUT2D eigenvalue weighted by Crippen LogP contribution is -2.37. The van der Waals surface area contributed by atoms with Gasteiger partial charge in [-0.3, -0.25) is 14.2 Å². The molecule has 2 amide bonds. The molecule has 34 heavy (non-hydrogen) atoms. The van der Waals surface area contributed by atoms with Crippen LogP contribution in [0.25, 0.3) is 0 Å². The number of nitrogens with two attached hydrogens (primary N) is 1. The van der Waals surface area contributed by atoms with E-state index >= 15 is 0 Å². The van der Waals surface area contributed by atoms with E-state index in [-0.39, 0.29) is 39.5 Å². The summed E-state index contributed by atoms with van der Waals surface area (Å²) in [5.41, 5.74) is 6.93. The third-order valence-electron chi connectivity index (χ3n) is 4.32. The van der Waals surface area contributed by atoms with Crippen molar-refractivity contribution in [3.8, 4) is 0 Å². The second kappa shape index (κ2) is 10.6. The maximum Gasteiger partial charge on any atom is 0.426 e. The summed E-state index contributed by atoms with van der Waals surface area (Å²) in [5, 5.41) is 2.96. The molecular formula is C20H17Cl3N6O5. The van der Waals surface area contributed by atoms with Gasteiger partial charge in [0.1, 0.15) is 23.2 Å². The van der Waals surface area contributed by atoms with Gasteiger partial charge >= 0.3 is 11.8 Å². The number of imidazole rings is 1. The molecule has 0 bridgehead atoms. The first-order chi connectivity index (χ1) is 16.1. The minimum atomic E-state index is -0.983. The van der Waals surface area contributed by atoms with Crippen molar-refractivity contribution in [2.45, 2.75) is 13.5 Å². The Labute approximate surface area is 207 Å². The van der Waals surface area contributed by atoms with Crippen molar-refractivity contribution in [1.29, 1.82) is 0 Å². The van der Waals surface area contributed by atoms with Gasteiger partial charge in [0, 0.05) is 16.8 Å². The number of carbonyl (C=O) groups is 3. The summed E-state index contributed by atoms with van der Waals surface area (Å²) in [5.74, 6) is -1.39. The molecular weight excluding hydrogens is 511 g/mol. The van der Waals surface area contributed by atoms with Crippen LogP contribution in [0.1, 0.15) is 23.0 Å². The standard InChI is InChI=1S/C20H17Cl3N6O5/c1-2-34-19(32)27-29-14(17(31)11-4-3-10(21)7-12(11)22)8-28(20(29)33)9-16(30)25-13-5-6-15(23)26-18(13)24/h3-8H,2,9H2,1H3,(H2,24,26)(H,25,30)(H,27,32). The van der Waals surface area contributed by atoms with Gasteiger partial charge in [-0.15, -0.1) is 0 Å². The fourth-order valence-corrected chi connectivity index (χ4v) is 3.49. The number of ketones is 1. The number of nitrogens with zero attached hydrogens (tertiary/aromatic N) is 3. The molecule has 1 aromatic carbocycles. The first kappa shape index (κ1) is 25.1. The number of ether oxygens (including phenoxy) is 1. The number of benzene rings is 1. The number of aromatic nitrogens is 3. The highest BCUT2D eigenvalue weighted by molar-refractivity contribution is 6.37. The third-order valence-corrected chi connectivity index (χ3v) is 5.08. The van der Waals surface area contributed by atoms with E-state index < -0.39 is 30.0 Å². The lowest BCUT2D eigenvalue weighted by Gasteiger charge is -2.09. The quantitative estimate of drug-likeness (QED) is 0.315. The Balaban J connectivity index is 1.95. The van der Waals surface area contributed by atoms with Crippen molar-refractivity contribution in [3.63, 3.8) is 0 Å². The van der Waals surface area contributed by atoms with E-state index in [9.17, 15) is 19.2 Å². The number of anilines is 2. The molecule has 11 nitrogen and oxygen atoms in total. The number of hydrogen-bond acceptors (Lipinski definition) is 7. The fourth-order valence-electron chi connectivity index (χ4n) is 2.84. The average Bonchev–Trinajstić information content (AvgIpc) is 3.05. The van der Waals surface area contributed by atoms with Crippen LogP contribution < -0.4 is 22.2 Å². The van der Waals surface area contributed by atoms with Crippen molar-refractivity contribution in [2.24, 2.45) is 0 Å². The zero-order chi connectivity index (χ0) is 25.0. The Morgan fingerprint density at radius 3 is 2.53 bits per heavy atom. The minimum absolute atomic E-state index is 0.0204. The van der Waals surface area contributed by atoms with Gasteiger partial charge in [0.2, 0.25) is 11.7 Å². The summed E-state index contributed by atoms with van der Waals surface area (Å²) >= 11 is 17.8. The van der Waals surface area contributed by atoms with Crippen LogP contribution in [0.15, 0.2) is 41.3 Å². The van der Waals surface area contributed by atoms with Gasteiger partial charge in [-0.2, -0.15) is 4.68 Å². The van der Waals surface area contributed by atoms with Gasteiger partial charge < -0.3 is 15.8 Å². The Morgan fingerprint density at radius 1 is 1.15 bits per heavy atom. The molecule has 4 N–H and O–H groups in total. The zero-order valence-electron chi connectivity index (χ0n) is 17.5. The number of carbonyl (C=O) groups excluding carboxylic acids is 3. The molecule has 0 fully saturated rings. The van der Waals surface area contributed by atoms with Gasteiger partial charge in [0.15, 0.2) is 0 Å². The first-order valence-corrected chi connectivity index (χ1v) is 10.7. The number of pyridine rings is 1. The maximum atomic E-state index is 13.1. The molecule has 2 heterocycles. The highest BCUT2D eigenvalue weighted by Gasteiger charge is 2.24. The smallest absolute Gasteiger partial charge is 0.426 e. The predicted molar refractivity (Wildman–Crippen MR) is 127 cm³/mol. The summed E-state index contributed by atoms with van der Waals surface area (Å²) in [6.45, 7) is 1.06. The highest BCUT2D eigenvalue weighted by Crippen LogP contribution is 2.23. The average molecular weight is 528 g/mol. The van der Waals surface area contributed by atoms with Crippen molar-refractivity contribution in [3.05, 3.63) is 73.5 Å². The Bertz CT molecular complexity index is 1340. The normalized spacial score (nSPS) is 10.6. The summed E-state index contributed by atoms with van der Waals surface area (Å²) in [6.07, 6.45) is 0.119. The molecule has 0 saturated heterocycles. The number of rotatable bonds is 7. The zero-order valence-corrected chi connectivity index (χ0v) is 19.7. The Morgan fingerprint density at radius 2 is 1.88 bits per heavy atom. The van der Waals surface area contributed by atoms with Crippen LogP contribution in [0, 0.1) is 0 Å². The molecule has 0 aliphatic heterocycles. The SMILES string of the molecule is CCOC(=O)Nn1c(C(=O)c2ccc(Cl)cc2Cl)cn(CC(=O)Nc2ccc(Cl)nc2N)c1=O. The van der Waals surface area contributed by atoms with Crippen molar-refractivity contribution in [1.82, 2.24) is 14.2 Å². The molecule has 178 valence electrons. The fraction of sp³-hybridized carbons (Fsp3) is 0.150. The van der Waals surface area contributed by atoms with E-state index in [1.54, 1.807) is 6.92 Å². The molecule has 0 aliphatic carbocycles. The molecule has 0 radical (unpaired) electrons. The number of nitrogen functional groups attached to an aromatic ring is 1. The molecule has 0 aliphatic rings. The summed E-state index contributed by atoms with van der Waals surface area (Å²) in [7, 11) is 0. The second-order valence-electron chi connectivity index (χ2n) is 6.66. The van der Waals surface area contributed by atoms with Crippen LogP contribution in [0.2, 0.25) is 15.2 Å². The molecule has 3 rings (SSSR count). The van der Waals surface area contributed by atoms with Gasteiger partial charge in [0.25, 0.3) is 0 Å². The summed E-state index contributed by atoms with van der Waals surface area (Å²) in [6, 6.07) is 7.03. The van der Waals surface area contributed by atoms with E-state index in [1.165, 1.54) is 30.3 Å². The topological polar surface area (TPSA) is 150 Å². The Kier molecular flexibility index (Phi) is 7.82. The molecule has 3 aromatic rings. The van der Waals surface area contributed by atoms with Crippen LogP contribution in [0.4, 0.5) is 16.3 Å². The molecule has 14 heteroatoms. The lowest BCUT2D eigenvalue weighted by molar-refractivity contribution is -0.116. The third kappa shape index (κ3) is 5.68. The van der Waals surface area contributed by atoms with Crippen molar-refractivity contribution in [2.75, 3.05) is 23.1 Å². The van der Waals surface area contributed by atoms with Crippen LogP contribution >= 0.6 is 34.8 Å². The highest BCUT2D eigenvalue weighted by atomic mass is 35.5. The van der Waals surface area contributed by atoms with E-state index in [2.05, 4.69) is 15.7 Å². The molecule has 0 unspecified atom stereocenters. The van der Waals surface area contributed by atoms with Gasteiger partial charge in [0.05, 0.1) is 17.3 Å². The van der Waals surface area contributed by atoms with E-state index in [0.717, 1.165) is 10.8 Å². The van der Waals surface area contributed by atoms with Crippen LogP contribution in [-0.4, -0.2) is 38.6 Å². The second-order valence-corrected chi connectivity index (χ2v) is 7.89. The number of nitrogens with one attached hydrogen (secondary N) is 2. The predicted octanol–water partition coefficient (Wildman–Crippen LogP) is 3.16. The summed E-state index contributed by atoms with van der Waals surface area (Å²) in [4.78, 5) is 54.3. The number of hydrogen-bond donors (Lipinski definition) is 3. The van der Waals surface area contributed by atoms with E-state index in [1.807, 2.05) is 0 Å². The van der Waals surface area contributed by atoms with Crippen LogP contribution in [0.3, 0.4) is 0 Å². The van der Waals surface area contributed by atoms with Crippen molar-refractivity contribution < 1.29 is 19.1 Å². The number of halogens is 3. The summed E-state index contributed by atoms with van der Waals surface area (Å²) < 4.78 is 6.37. The number of amides is 2. The van der Waals surface area contributed by atoms with E-state index in [4.69, 9.17) is 45.3 Å². The minimum Gasteiger partial charge on any atom is -0.449 e. The molecule has 0 atom stereocenters. The van der Waals surface area contributed by atoms with Crippen LogP contribution in [-0.2, 0) is 16.1 Å². The van der Waals surface area contributed by atoms with Gasteiger partial charge in [-0.25, -0.2) is 20.0 Å². The largest absolute Gasteiger partial charge is 0.449 e. The van der Waals surface area contributed by atoms with Gasteiger partial charge in [-0.1, -0.05) is 34.8 Å². The van der Waals surface area contributed by atoms with Crippen molar-refractivity contribution >= 4 is 64.1 Å². The molecule has 0 saturated carbocycles. The van der Waals surface area contributed by atoms with Crippen LogP contribution in [0.5, 0.6) is 0 Å². The van der Waals surface area contributed by atoms with Gasteiger partial charge in [-0.05, 0) is 37.3 Å². The first-order valence-electron chi connectivity index (χ1n) is 9.58.